The van der Waals surface area contributed by atoms with Gasteiger partial charge in [-0.2, -0.15) is 0 Å². The molecule has 4 rings (SSSR count). The average Bonchev–Trinajstić information content (AvgIpc) is 3.26. The van der Waals surface area contributed by atoms with Crippen molar-refractivity contribution in [2.24, 2.45) is 0 Å². The fraction of sp³-hybridized carbons (Fsp3) is 0.250. The molecule has 0 aliphatic carbocycles. The predicted octanol–water partition coefficient (Wildman–Crippen LogP) is 4.23. The molecular weight excluding hydrogens is 346 g/mol. The van der Waals surface area contributed by atoms with Crippen molar-refractivity contribution in [2.75, 3.05) is 0 Å². The molecule has 0 N–H and O–H groups in total. The number of aryl methyl sites for hydroxylation is 1. The molecule has 0 aliphatic heterocycles. The first-order valence-corrected chi connectivity index (χ1v) is 9.50. The van der Waals surface area contributed by atoms with Crippen molar-refractivity contribution >= 4 is 21.6 Å². The van der Waals surface area contributed by atoms with E-state index in [1.54, 1.807) is 3.96 Å². The molecule has 0 amide bonds. The second-order valence-corrected chi connectivity index (χ2v) is 7.22. The van der Waals surface area contributed by atoms with E-state index in [4.69, 9.17) is 4.42 Å². The highest BCUT2D eigenvalue weighted by Crippen LogP contribution is 2.27. The van der Waals surface area contributed by atoms with E-state index in [-0.39, 0.29) is 11.6 Å². The van der Waals surface area contributed by atoms with Gasteiger partial charge in [0.05, 0.1) is 10.1 Å². The summed E-state index contributed by atoms with van der Waals surface area (Å²) < 4.78 is 8.62. The first-order valence-electron chi connectivity index (χ1n) is 8.73. The quantitative estimate of drug-likeness (QED) is 0.513. The molecule has 0 radical (unpaired) electrons. The number of hydrogen-bond donors (Lipinski definition) is 0. The van der Waals surface area contributed by atoms with Gasteiger partial charge >= 0.3 is 0 Å². The zero-order valence-electron chi connectivity index (χ0n) is 14.5. The third-order valence-electron chi connectivity index (χ3n) is 4.30. The Morgan fingerprint density at radius 3 is 2.62 bits per heavy atom. The van der Waals surface area contributed by atoms with Gasteiger partial charge in [-0.1, -0.05) is 60.9 Å². The van der Waals surface area contributed by atoms with Crippen molar-refractivity contribution in [1.29, 1.82) is 0 Å². The van der Waals surface area contributed by atoms with Gasteiger partial charge in [-0.3, -0.25) is 8.75 Å². The fourth-order valence-corrected chi connectivity index (χ4v) is 4.10. The van der Waals surface area contributed by atoms with Crippen LogP contribution in [0.25, 0.3) is 10.1 Å². The third-order valence-corrected chi connectivity index (χ3v) is 5.47. The first-order chi connectivity index (χ1) is 12.8. The van der Waals surface area contributed by atoms with Gasteiger partial charge in [0.1, 0.15) is 6.04 Å². The van der Waals surface area contributed by atoms with E-state index in [9.17, 15) is 4.79 Å². The van der Waals surface area contributed by atoms with E-state index in [2.05, 4.69) is 29.3 Å². The van der Waals surface area contributed by atoms with E-state index in [1.807, 2.05) is 42.5 Å². The average molecular weight is 365 g/mol. The van der Waals surface area contributed by atoms with Crippen molar-refractivity contribution in [3.63, 3.8) is 0 Å². The monoisotopic (exact) mass is 365 g/mol. The summed E-state index contributed by atoms with van der Waals surface area (Å²) in [6.45, 7) is 2.07. The molecule has 26 heavy (non-hydrogen) atoms. The summed E-state index contributed by atoms with van der Waals surface area (Å²) in [5.41, 5.74) is 1.11. The van der Waals surface area contributed by atoms with E-state index in [1.165, 1.54) is 11.5 Å². The van der Waals surface area contributed by atoms with Crippen LogP contribution in [-0.2, 0) is 12.8 Å². The number of aromatic nitrogens is 3. The van der Waals surface area contributed by atoms with Crippen LogP contribution in [0.15, 0.2) is 63.8 Å². The van der Waals surface area contributed by atoms with Crippen LogP contribution in [0.1, 0.15) is 36.7 Å². The van der Waals surface area contributed by atoms with Crippen molar-refractivity contribution in [1.82, 2.24) is 14.2 Å². The van der Waals surface area contributed by atoms with E-state index < -0.39 is 0 Å². The van der Waals surface area contributed by atoms with Crippen LogP contribution >= 0.6 is 11.5 Å². The molecule has 0 fully saturated rings. The topological polar surface area (TPSA) is 60.9 Å². The van der Waals surface area contributed by atoms with Crippen molar-refractivity contribution in [3.8, 4) is 0 Å². The van der Waals surface area contributed by atoms with Crippen LogP contribution in [-0.4, -0.2) is 14.2 Å². The molecule has 0 aliphatic rings. The Kier molecular flexibility index (Phi) is 4.67. The normalized spacial score (nSPS) is 12.5. The molecule has 5 nitrogen and oxygen atoms in total. The summed E-state index contributed by atoms with van der Waals surface area (Å²) in [5.74, 6) is 1.11. The zero-order valence-corrected chi connectivity index (χ0v) is 15.3. The highest BCUT2D eigenvalue weighted by Gasteiger charge is 2.24. The second kappa shape index (κ2) is 7.25. The fourth-order valence-electron chi connectivity index (χ4n) is 3.02. The maximum absolute atomic E-state index is 12.9. The summed E-state index contributed by atoms with van der Waals surface area (Å²) in [6.07, 6.45) is 2.31. The largest absolute Gasteiger partial charge is 0.423 e. The van der Waals surface area contributed by atoms with Crippen LogP contribution in [0.5, 0.6) is 0 Å². The Bertz CT molecular complexity index is 1070. The third kappa shape index (κ3) is 3.20. The lowest BCUT2D eigenvalue weighted by atomic mass is 10.1. The molecule has 2 heterocycles. The highest BCUT2D eigenvalue weighted by molar-refractivity contribution is 7.13. The Morgan fingerprint density at radius 2 is 1.85 bits per heavy atom. The lowest BCUT2D eigenvalue weighted by Crippen LogP contribution is -2.22. The maximum atomic E-state index is 12.9. The first kappa shape index (κ1) is 16.7. The van der Waals surface area contributed by atoms with Gasteiger partial charge in [-0.05, 0) is 24.1 Å². The van der Waals surface area contributed by atoms with Crippen LogP contribution in [0.3, 0.4) is 0 Å². The Morgan fingerprint density at radius 1 is 1.08 bits per heavy atom. The summed E-state index contributed by atoms with van der Waals surface area (Å²) in [6, 6.07) is 17.4. The van der Waals surface area contributed by atoms with Gasteiger partial charge in [0.2, 0.25) is 11.8 Å². The maximum Gasteiger partial charge on any atom is 0.269 e. The summed E-state index contributed by atoms with van der Waals surface area (Å²) in [7, 11) is 0. The van der Waals surface area contributed by atoms with Gasteiger partial charge in [-0.15, -0.1) is 10.2 Å². The Hall–Kier alpha value is -2.73. The molecule has 0 spiro atoms. The van der Waals surface area contributed by atoms with Gasteiger partial charge < -0.3 is 4.42 Å². The lowest BCUT2D eigenvalue weighted by molar-refractivity contribution is 0.394. The molecule has 132 valence electrons. The molecule has 0 saturated carbocycles. The standard InChI is InChI=1S/C20H19N3O2S/c1-2-8-18-21-22-19(25-18)16(13-14-9-4-3-5-10-14)23-20(24)15-11-6-7-12-17(15)26-23/h3-7,9-12,16H,2,8,13H2,1H3/t16-/m0/s1. The van der Waals surface area contributed by atoms with Crippen LogP contribution in [0.2, 0.25) is 0 Å². The smallest absolute Gasteiger partial charge is 0.269 e. The lowest BCUT2D eigenvalue weighted by Gasteiger charge is -2.13. The molecule has 0 saturated heterocycles. The van der Waals surface area contributed by atoms with Gasteiger partial charge in [0.25, 0.3) is 5.56 Å². The Labute approximate surface area is 155 Å². The minimum Gasteiger partial charge on any atom is -0.423 e. The van der Waals surface area contributed by atoms with Crippen molar-refractivity contribution < 1.29 is 4.42 Å². The van der Waals surface area contributed by atoms with E-state index >= 15 is 0 Å². The second-order valence-electron chi connectivity index (χ2n) is 6.21. The zero-order chi connectivity index (χ0) is 17.9. The predicted molar refractivity (Wildman–Crippen MR) is 103 cm³/mol. The van der Waals surface area contributed by atoms with Gasteiger partial charge in [-0.25, -0.2) is 0 Å². The molecule has 6 heteroatoms. The summed E-state index contributed by atoms with van der Waals surface area (Å²) in [5, 5.41) is 9.13. The number of rotatable bonds is 6. The minimum atomic E-state index is -0.305. The minimum absolute atomic E-state index is 0.0122. The van der Waals surface area contributed by atoms with E-state index in [0.717, 1.165) is 28.5 Å². The molecule has 1 atom stereocenters. The molecule has 4 aromatic rings. The number of fused-ring (bicyclic) bond motifs is 1. The molecular formula is C20H19N3O2S. The molecule has 0 unspecified atom stereocenters. The SMILES string of the molecule is CCCc1nnc([C@H](Cc2ccccc2)n2sc3ccccc3c2=O)o1. The van der Waals surface area contributed by atoms with Crippen molar-refractivity contribution in [2.45, 2.75) is 32.2 Å². The molecule has 2 aromatic carbocycles. The number of nitrogens with zero attached hydrogens (tertiary/aromatic N) is 3. The Balaban J connectivity index is 1.80. The van der Waals surface area contributed by atoms with Crippen LogP contribution < -0.4 is 5.56 Å². The summed E-state index contributed by atoms with van der Waals surface area (Å²) >= 11 is 1.45. The van der Waals surface area contributed by atoms with Crippen LogP contribution in [0, 0.1) is 0 Å². The molecule has 2 aromatic heterocycles. The number of hydrogen-bond acceptors (Lipinski definition) is 5. The highest BCUT2D eigenvalue weighted by atomic mass is 32.1. The summed E-state index contributed by atoms with van der Waals surface area (Å²) in [4.78, 5) is 12.9. The van der Waals surface area contributed by atoms with Gasteiger partial charge in [0, 0.05) is 12.8 Å². The molecule has 0 bridgehead atoms. The number of benzene rings is 2. The van der Waals surface area contributed by atoms with E-state index in [0.29, 0.717) is 18.2 Å². The van der Waals surface area contributed by atoms with Crippen LogP contribution in [0.4, 0.5) is 0 Å². The van der Waals surface area contributed by atoms with Crippen molar-refractivity contribution in [3.05, 3.63) is 82.3 Å². The van der Waals surface area contributed by atoms with Gasteiger partial charge in [0.15, 0.2) is 0 Å².